The molecule has 2 saturated heterocycles. The Morgan fingerprint density at radius 3 is 2.47 bits per heavy atom. The van der Waals surface area contributed by atoms with Gasteiger partial charge in [-0.1, -0.05) is 13.8 Å². The Morgan fingerprint density at radius 1 is 1.16 bits per heavy atom. The monoisotopic (exact) mass is 262 g/mol. The summed E-state index contributed by atoms with van der Waals surface area (Å²) in [6.07, 6.45) is 1.69. The number of piperazine rings is 1. The topological polar surface area (TPSA) is 41.5 Å². The molecule has 2 fully saturated rings. The van der Waals surface area contributed by atoms with E-state index in [2.05, 4.69) is 39.7 Å². The van der Waals surface area contributed by atoms with Gasteiger partial charge in [0.05, 0.1) is 19.3 Å². The molecule has 5 heteroatoms. The number of ether oxygens (including phenoxy) is 1. The fourth-order valence-corrected chi connectivity index (χ4v) is 2.60. The van der Waals surface area contributed by atoms with Gasteiger partial charge in [0.2, 0.25) is 0 Å². The highest BCUT2D eigenvalue weighted by molar-refractivity contribution is 5.40. The quantitative estimate of drug-likeness (QED) is 0.816. The van der Waals surface area contributed by atoms with Gasteiger partial charge in [-0.3, -0.25) is 4.90 Å². The lowest BCUT2D eigenvalue weighted by atomic mass is 10.1. The molecule has 2 aliphatic heterocycles. The number of nitrogens with zero attached hydrogens (tertiary/aromatic N) is 4. The fourth-order valence-electron chi connectivity index (χ4n) is 2.60. The second kappa shape index (κ2) is 5.43. The molecule has 3 heterocycles. The summed E-state index contributed by atoms with van der Waals surface area (Å²) in [7, 11) is 0. The van der Waals surface area contributed by atoms with Crippen LogP contribution in [0.5, 0.6) is 0 Å². The molecule has 0 radical (unpaired) electrons. The van der Waals surface area contributed by atoms with Gasteiger partial charge < -0.3 is 9.64 Å². The third-order valence-corrected chi connectivity index (χ3v) is 4.04. The normalized spacial score (nSPS) is 21.7. The molecule has 0 amide bonds. The van der Waals surface area contributed by atoms with E-state index in [-0.39, 0.29) is 0 Å². The molecular formula is C14H22N4O. The molecule has 0 unspecified atom stereocenters. The van der Waals surface area contributed by atoms with Crippen LogP contribution < -0.4 is 4.90 Å². The van der Waals surface area contributed by atoms with E-state index in [0.717, 1.165) is 50.9 Å². The van der Waals surface area contributed by atoms with Gasteiger partial charge in [0.1, 0.15) is 12.1 Å². The van der Waals surface area contributed by atoms with Crippen molar-refractivity contribution in [1.29, 1.82) is 0 Å². The van der Waals surface area contributed by atoms with E-state index >= 15 is 0 Å². The Balaban J connectivity index is 1.62. The second-order valence-electron chi connectivity index (χ2n) is 5.67. The summed E-state index contributed by atoms with van der Waals surface area (Å²) in [4.78, 5) is 13.7. The van der Waals surface area contributed by atoms with Gasteiger partial charge in [0.15, 0.2) is 0 Å². The minimum Gasteiger partial charge on any atom is -0.378 e. The lowest BCUT2D eigenvalue weighted by molar-refractivity contribution is -0.0661. The van der Waals surface area contributed by atoms with Crippen LogP contribution in [-0.2, 0) is 4.74 Å². The molecule has 5 nitrogen and oxygen atoms in total. The number of rotatable bonds is 3. The van der Waals surface area contributed by atoms with E-state index in [1.807, 2.05) is 0 Å². The van der Waals surface area contributed by atoms with Crippen LogP contribution in [0.25, 0.3) is 0 Å². The zero-order valence-electron chi connectivity index (χ0n) is 11.7. The Hall–Kier alpha value is -1.20. The minimum atomic E-state index is 0.454. The van der Waals surface area contributed by atoms with Crippen LogP contribution in [0.15, 0.2) is 12.4 Å². The first-order chi connectivity index (χ1) is 9.24. The van der Waals surface area contributed by atoms with Crippen LogP contribution in [0.1, 0.15) is 25.5 Å². The van der Waals surface area contributed by atoms with Crippen molar-refractivity contribution < 1.29 is 4.74 Å². The predicted molar refractivity (Wildman–Crippen MR) is 74.5 cm³/mol. The lowest BCUT2D eigenvalue weighted by Gasteiger charge is -2.42. The SMILES string of the molecule is CC(C)c1cc(N2CCN(C3COC3)CC2)ncn1. The Labute approximate surface area is 114 Å². The summed E-state index contributed by atoms with van der Waals surface area (Å²) in [5.41, 5.74) is 1.12. The van der Waals surface area contributed by atoms with Gasteiger partial charge in [0, 0.05) is 37.9 Å². The van der Waals surface area contributed by atoms with E-state index < -0.39 is 0 Å². The average Bonchev–Trinajstić information content (AvgIpc) is 2.38. The molecular weight excluding hydrogens is 240 g/mol. The number of hydrogen-bond donors (Lipinski definition) is 0. The Morgan fingerprint density at radius 2 is 1.89 bits per heavy atom. The van der Waals surface area contributed by atoms with E-state index in [1.54, 1.807) is 6.33 Å². The molecule has 0 aliphatic carbocycles. The standard InChI is InChI=1S/C14H22N4O/c1-11(2)13-7-14(16-10-15-13)18-5-3-17(4-6-18)12-8-19-9-12/h7,10-12H,3-6,8-9H2,1-2H3. The summed E-state index contributed by atoms with van der Waals surface area (Å²) in [6.45, 7) is 10.5. The van der Waals surface area contributed by atoms with Gasteiger partial charge in [0.25, 0.3) is 0 Å². The molecule has 2 aliphatic rings. The third kappa shape index (κ3) is 2.72. The van der Waals surface area contributed by atoms with Crippen molar-refractivity contribution in [3.8, 4) is 0 Å². The maximum absolute atomic E-state index is 5.27. The molecule has 1 aromatic rings. The van der Waals surface area contributed by atoms with E-state index in [9.17, 15) is 0 Å². The maximum atomic E-state index is 5.27. The highest BCUT2D eigenvalue weighted by atomic mass is 16.5. The molecule has 0 saturated carbocycles. The van der Waals surface area contributed by atoms with Crippen molar-refractivity contribution in [2.75, 3.05) is 44.3 Å². The van der Waals surface area contributed by atoms with Gasteiger partial charge in [-0.15, -0.1) is 0 Å². The average molecular weight is 262 g/mol. The largest absolute Gasteiger partial charge is 0.378 e. The van der Waals surface area contributed by atoms with Crippen LogP contribution in [0, 0.1) is 0 Å². The molecule has 1 aromatic heterocycles. The predicted octanol–water partition coefficient (Wildman–Crippen LogP) is 1.12. The smallest absolute Gasteiger partial charge is 0.132 e. The second-order valence-corrected chi connectivity index (χ2v) is 5.67. The highest BCUT2D eigenvalue weighted by Gasteiger charge is 2.29. The molecule has 3 rings (SSSR count). The summed E-state index contributed by atoms with van der Waals surface area (Å²) in [6, 6.07) is 2.78. The molecule has 19 heavy (non-hydrogen) atoms. The van der Waals surface area contributed by atoms with Crippen molar-refractivity contribution in [2.45, 2.75) is 25.8 Å². The Kier molecular flexibility index (Phi) is 3.66. The van der Waals surface area contributed by atoms with Crippen LogP contribution in [0.4, 0.5) is 5.82 Å². The molecule has 0 N–H and O–H groups in total. The van der Waals surface area contributed by atoms with E-state index in [4.69, 9.17) is 4.74 Å². The van der Waals surface area contributed by atoms with Crippen molar-refractivity contribution in [1.82, 2.24) is 14.9 Å². The van der Waals surface area contributed by atoms with Gasteiger partial charge in [-0.25, -0.2) is 9.97 Å². The van der Waals surface area contributed by atoms with Gasteiger partial charge >= 0.3 is 0 Å². The maximum Gasteiger partial charge on any atom is 0.132 e. The Bertz CT molecular complexity index is 425. The van der Waals surface area contributed by atoms with Crippen LogP contribution in [0.2, 0.25) is 0 Å². The van der Waals surface area contributed by atoms with Crippen molar-refractivity contribution in [3.63, 3.8) is 0 Å². The summed E-state index contributed by atoms with van der Waals surface area (Å²) in [5, 5.41) is 0. The third-order valence-electron chi connectivity index (χ3n) is 4.04. The van der Waals surface area contributed by atoms with E-state index in [1.165, 1.54) is 0 Å². The number of hydrogen-bond acceptors (Lipinski definition) is 5. The first-order valence-electron chi connectivity index (χ1n) is 7.12. The van der Waals surface area contributed by atoms with Crippen LogP contribution in [-0.4, -0.2) is 60.3 Å². The fraction of sp³-hybridized carbons (Fsp3) is 0.714. The first kappa shape index (κ1) is 12.8. The molecule has 0 spiro atoms. The zero-order chi connectivity index (χ0) is 13.2. The minimum absolute atomic E-state index is 0.454. The van der Waals surface area contributed by atoms with E-state index in [0.29, 0.717) is 12.0 Å². The molecule has 0 atom stereocenters. The molecule has 104 valence electrons. The van der Waals surface area contributed by atoms with Crippen LogP contribution >= 0.6 is 0 Å². The number of aromatic nitrogens is 2. The summed E-state index contributed by atoms with van der Waals surface area (Å²) < 4.78 is 5.27. The zero-order valence-corrected chi connectivity index (χ0v) is 11.7. The van der Waals surface area contributed by atoms with Gasteiger partial charge in [-0.05, 0) is 5.92 Å². The van der Waals surface area contributed by atoms with Crippen LogP contribution in [0.3, 0.4) is 0 Å². The lowest BCUT2D eigenvalue weighted by Crippen LogP contribution is -2.56. The van der Waals surface area contributed by atoms with Crippen molar-refractivity contribution >= 4 is 5.82 Å². The summed E-state index contributed by atoms with van der Waals surface area (Å²) >= 11 is 0. The van der Waals surface area contributed by atoms with Crippen molar-refractivity contribution in [2.24, 2.45) is 0 Å². The number of anilines is 1. The first-order valence-corrected chi connectivity index (χ1v) is 7.12. The van der Waals surface area contributed by atoms with Gasteiger partial charge in [-0.2, -0.15) is 0 Å². The summed E-state index contributed by atoms with van der Waals surface area (Å²) in [5.74, 6) is 1.53. The highest BCUT2D eigenvalue weighted by Crippen LogP contribution is 2.20. The molecule has 0 bridgehead atoms. The van der Waals surface area contributed by atoms with Crippen molar-refractivity contribution in [3.05, 3.63) is 18.1 Å². The molecule has 0 aromatic carbocycles.